The minimum atomic E-state index is -3.11. The Morgan fingerprint density at radius 2 is 1.88 bits per heavy atom. The number of anilines is 1. The zero-order valence-electron chi connectivity index (χ0n) is 13.3. The van der Waals surface area contributed by atoms with Crippen LogP contribution in [0.4, 0.5) is 10.1 Å². The van der Waals surface area contributed by atoms with E-state index in [-0.39, 0.29) is 17.5 Å². The van der Waals surface area contributed by atoms with Crippen LogP contribution in [-0.2, 0) is 22.0 Å². The molecule has 1 aliphatic heterocycles. The van der Waals surface area contributed by atoms with Crippen LogP contribution in [0.1, 0.15) is 27.9 Å². The van der Waals surface area contributed by atoms with E-state index in [1.54, 1.807) is 35.2 Å². The normalized spacial score (nSPS) is 14.3. The van der Waals surface area contributed by atoms with Gasteiger partial charge < -0.3 is 4.90 Å². The van der Waals surface area contributed by atoms with E-state index in [2.05, 4.69) is 0 Å². The zero-order chi connectivity index (χ0) is 17.3. The summed E-state index contributed by atoms with van der Waals surface area (Å²) in [6, 6.07) is 11.1. The lowest BCUT2D eigenvalue weighted by atomic mass is 10.0. The molecule has 0 N–H and O–H groups in total. The van der Waals surface area contributed by atoms with E-state index in [0.717, 1.165) is 24.1 Å². The molecule has 0 aromatic heterocycles. The third kappa shape index (κ3) is 3.64. The lowest BCUT2D eigenvalue weighted by Crippen LogP contribution is -2.35. The first-order valence-electron chi connectivity index (χ1n) is 7.70. The molecule has 2 aromatic carbocycles. The predicted molar refractivity (Wildman–Crippen MR) is 91.4 cm³/mol. The molecule has 24 heavy (non-hydrogen) atoms. The van der Waals surface area contributed by atoms with Crippen LogP contribution in [0.2, 0.25) is 0 Å². The van der Waals surface area contributed by atoms with Crippen LogP contribution in [0.3, 0.4) is 0 Å². The fourth-order valence-electron chi connectivity index (χ4n) is 2.98. The maximum atomic E-state index is 13.4. The number of nitrogens with zero attached hydrogens (tertiary/aromatic N) is 1. The highest BCUT2D eigenvalue weighted by atomic mass is 32.2. The average Bonchev–Trinajstić information content (AvgIpc) is 2.52. The average molecular weight is 347 g/mol. The first-order chi connectivity index (χ1) is 11.3. The summed E-state index contributed by atoms with van der Waals surface area (Å²) in [6.07, 6.45) is 2.72. The van der Waals surface area contributed by atoms with Gasteiger partial charge in [-0.3, -0.25) is 4.79 Å². The molecule has 0 saturated carbocycles. The maximum Gasteiger partial charge on any atom is 0.258 e. The van der Waals surface area contributed by atoms with E-state index < -0.39 is 9.84 Å². The molecule has 126 valence electrons. The lowest BCUT2D eigenvalue weighted by Gasteiger charge is -2.29. The Hall–Kier alpha value is -2.21. The van der Waals surface area contributed by atoms with Gasteiger partial charge in [-0.25, -0.2) is 12.8 Å². The van der Waals surface area contributed by atoms with Gasteiger partial charge in [-0.1, -0.05) is 12.1 Å². The van der Waals surface area contributed by atoms with Crippen molar-refractivity contribution in [2.75, 3.05) is 17.7 Å². The molecule has 0 saturated heterocycles. The molecular weight excluding hydrogens is 329 g/mol. The number of amides is 1. The topological polar surface area (TPSA) is 54.5 Å². The SMILES string of the molecule is CS(=O)(=O)Cc1ccc(C(=O)N2CCCc3cc(F)ccc32)cc1. The van der Waals surface area contributed by atoms with E-state index in [9.17, 15) is 17.6 Å². The van der Waals surface area contributed by atoms with Gasteiger partial charge in [-0.05, 0) is 54.3 Å². The van der Waals surface area contributed by atoms with Crippen LogP contribution >= 0.6 is 0 Å². The fourth-order valence-corrected chi connectivity index (χ4v) is 3.78. The monoisotopic (exact) mass is 347 g/mol. The van der Waals surface area contributed by atoms with Crippen molar-refractivity contribution in [3.63, 3.8) is 0 Å². The Bertz CT molecular complexity index is 876. The largest absolute Gasteiger partial charge is 0.308 e. The summed E-state index contributed by atoms with van der Waals surface area (Å²) in [5.74, 6) is -0.505. The molecule has 0 aliphatic carbocycles. The molecule has 0 radical (unpaired) electrons. The standard InChI is InChI=1S/C18H18FNO3S/c1-24(22,23)12-13-4-6-14(7-5-13)18(21)20-10-2-3-15-11-16(19)8-9-17(15)20/h4-9,11H,2-3,10,12H2,1H3. The maximum absolute atomic E-state index is 13.4. The number of carbonyl (C=O) groups is 1. The van der Waals surface area contributed by atoms with Gasteiger partial charge in [0.25, 0.3) is 5.91 Å². The van der Waals surface area contributed by atoms with Crippen molar-refractivity contribution < 1.29 is 17.6 Å². The van der Waals surface area contributed by atoms with E-state index in [0.29, 0.717) is 17.7 Å². The third-order valence-corrected chi connectivity index (χ3v) is 4.89. The third-order valence-electron chi connectivity index (χ3n) is 4.04. The quantitative estimate of drug-likeness (QED) is 0.858. The number of aryl methyl sites for hydroxylation is 1. The van der Waals surface area contributed by atoms with E-state index in [4.69, 9.17) is 0 Å². The van der Waals surface area contributed by atoms with Crippen molar-refractivity contribution in [3.05, 3.63) is 65.0 Å². The molecule has 0 unspecified atom stereocenters. The van der Waals surface area contributed by atoms with Crippen LogP contribution in [0, 0.1) is 5.82 Å². The number of benzene rings is 2. The summed E-state index contributed by atoms with van der Waals surface area (Å²) >= 11 is 0. The molecule has 4 nitrogen and oxygen atoms in total. The molecule has 1 heterocycles. The van der Waals surface area contributed by atoms with E-state index in [1.807, 2.05) is 0 Å². The molecule has 1 aliphatic rings. The van der Waals surface area contributed by atoms with Crippen LogP contribution in [-0.4, -0.2) is 27.1 Å². The summed E-state index contributed by atoms with van der Waals surface area (Å²) < 4.78 is 36.0. The molecule has 3 rings (SSSR count). The minimum absolute atomic E-state index is 0.0483. The number of halogens is 1. The second-order valence-corrected chi connectivity index (χ2v) is 8.24. The Balaban J connectivity index is 1.85. The van der Waals surface area contributed by atoms with Gasteiger partial charge in [0.15, 0.2) is 9.84 Å². The second kappa shape index (κ2) is 6.36. The van der Waals surface area contributed by atoms with E-state index >= 15 is 0 Å². The highest BCUT2D eigenvalue weighted by Gasteiger charge is 2.23. The summed E-state index contributed by atoms with van der Waals surface area (Å²) in [6.45, 7) is 0.586. The number of sulfone groups is 1. The molecule has 6 heteroatoms. The highest BCUT2D eigenvalue weighted by Crippen LogP contribution is 2.29. The van der Waals surface area contributed by atoms with Crippen LogP contribution < -0.4 is 4.90 Å². The van der Waals surface area contributed by atoms with Crippen molar-refractivity contribution in [1.82, 2.24) is 0 Å². The van der Waals surface area contributed by atoms with Gasteiger partial charge in [-0.15, -0.1) is 0 Å². The van der Waals surface area contributed by atoms with Gasteiger partial charge in [0.1, 0.15) is 5.82 Å². The summed E-state index contributed by atoms with van der Waals surface area (Å²) in [5.41, 5.74) is 2.72. The Morgan fingerprint density at radius 1 is 1.17 bits per heavy atom. The van der Waals surface area contributed by atoms with Crippen molar-refractivity contribution >= 4 is 21.4 Å². The Labute approximate surface area is 140 Å². The van der Waals surface area contributed by atoms with Crippen molar-refractivity contribution in [2.45, 2.75) is 18.6 Å². The minimum Gasteiger partial charge on any atom is -0.308 e. The van der Waals surface area contributed by atoms with Gasteiger partial charge in [0.2, 0.25) is 0 Å². The fraction of sp³-hybridized carbons (Fsp3) is 0.278. The Kier molecular flexibility index (Phi) is 4.41. The van der Waals surface area contributed by atoms with Crippen LogP contribution in [0.15, 0.2) is 42.5 Å². The molecule has 0 fully saturated rings. The van der Waals surface area contributed by atoms with Crippen LogP contribution in [0.5, 0.6) is 0 Å². The van der Waals surface area contributed by atoms with Gasteiger partial charge in [-0.2, -0.15) is 0 Å². The number of rotatable bonds is 3. The predicted octanol–water partition coefficient (Wildman–Crippen LogP) is 2.96. The number of fused-ring (bicyclic) bond motifs is 1. The first kappa shape index (κ1) is 16.6. The zero-order valence-corrected chi connectivity index (χ0v) is 14.1. The van der Waals surface area contributed by atoms with Gasteiger partial charge >= 0.3 is 0 Å². The van der Waals surface area contributed by atoms with Crippen LogP contribution in [0.25, 0.3) is 0 Å². The molecule has 2 aromatic rings. The van der Waals surface area contributed by atoms with E-state index in [1.165, 1.54) is 18.4 Å². The summed E-state index contributed by atoms with van der Waals surface area (Å²) in [7, 11) is -3.11. The summed E-state index contributed by atoms with van der Waals surface area (Å²) in [5, 5.41) is 0. The highest BCUT2D eigenvalue weighted by molar-refractivity contribution is 7.89. The molecule has 0 bridgehead atoms. The number of hydrogen-bond donors (Lipinski definition) is 0. The van der Waals surface area contributed by atoms with Crippen molar-refractivity contribution in [1.29, 1.82) is 0 Å². The molecule has 1 amide bonds. The molecular formula is C18H18FNO3S. The number of carbonyl (C=O) groups excluding carboxylic acids is 1. The molecule has 0 atom stereocenters. The first-order valence-corrected chi connectivity index (χ1v) is 9.76. The summed E-state index contributed by atoms with van der Waals surface area (Å²) in [4.78, 5) is 14.4. The smallest absolute Gasteiger partial charge is 0.258 e. The Morgan fingerprint density at radius 3 is 2.54 bits per heavy atom. The van der Waals surface area contributed by atoms with Crippen molar-refractivity contribution in [3.8, 4) is 0 Å². The van der Waals surface area contributed by atoms with Crippen molar-refractivity contribution in [2.24, 2.45) is 0 Å². The lowest BCUT2D eigenvalue weighted by molar-refractivity contribution is 0.0985. The number of hydrogen-bond acceptors (Lipinski definition) is 3. The second-order valence-electron chi connectivity index (χ2n) is 6.10. The van der Waals surface area contributed by atoms with Gasteiger partial charge in [0, 0.05) is 24.1 Å². The van der Waals surface area contributed by atoms with Gasteiger partial charge in [0.05, 0.1) is 5.75 Å². The molecule has 0 spiro atoms.